The summed E-state index contributed by atoms with van der Waals surface area (Å²) in [5.41, 5.74) is 1.27. The normalized spacial score (nSPS) is 22.6. The summed E-state index contributed by atoms with van der Waals surface area (Å²) < 4.78 is 18.1. The summed E-state index contributed by atoms with van der Waals surface area (Å²) in [6.07, 6.45) is 1.19. The third-order valence-electron chi connectivity index (χ3n) is 3.24. The van der Waals surface area contributed by atoms with E-state index in [9.17, 15) is 0 Å². The fraction of sp³-hybridized carbons (Fsp3) is 0.583. The Labute approximate surface area is 125 Å². The van der Waals surface area contributed by atoms with Crippen LogP contribution in [0.4, 0.5) is 0 Å². The molecule has 0 saturated carbocycles. The highest BCUT2D eigenvalue weighted by atomic mass is 35.5. The summed E-state index contributed by atoms with van der Waals surface area (Å²) >= 11 is 5.83. The molecule has 0 unspecified atom stereocenters. The Morgan fingerprint density at radius 2 is 2.14 bits per heavy atom. The van der Waals surface area contributed by atoms with Crippen molar-refractivity contribution in [3.05, 3.63) is 11.5 Å². The van der Waals surface area contributed by atoms with Crippen molar-refractivity contribution in [2.24, 2.45) is 0 Å². The molecule has 114 valence electrons. The SMILES string of the molecule is COc1nc(Cl)nc2cnn(C[C@@H]3CO[C@H](CO)CO3)c12. The third kappa shape index (κ3) is 2.93. The van der Waals surface area contributed by atoms with Crippen LogP contribution in [0.25, 0.3) is 11.0 Å². The van der Waals surface area contributed by atoms with Crippen molar-refractivity contribution in [3.8, 4) is 5.88 Å². The molecule has 0 aromatic carbocycles. The van der Waals surface area contributed by atoms with Gasteiger partial charge in [-0.2, -0.15) is 10.1 Å². The predicted molar refractivity (Wildman–Crippen MR) is 73.5 cm³/mol. The summed E-state index contributed by atoms with van der Waals surface area (Å²) in [7, 11) is 1.52. The van der Waals surface area contributed by atoms with Gasteiger partial charge in [0.1, 0.15) is 23.2 Å². The van der Waals surface area contributed by atoms with Crippen LogP contribution in [-0.4, -0.2) is 64.0 Å². The Bertz CT molecular complexity index is 627. The molecular formula is C12H15ClN4O4. The van der Waals surface area contributed by atoms with Gasteiger partial charge in [0, 0.05) is 0 Å². The Hall–Kier alpha value is -1.48. The van der Waals surface area contributed by atoms with Gasteiger partial charge in [-0.15, -0.1) is 0 Å². The number of aliphatic hydroxyl groups is 1. The molecule has 21 heavy (non-hydrogen) atoms. The topological polar surface area (TPSA) is 91.5 Å². The zero-order valence-corrected chi connectivity index (χ0v) is 12.2. The average Bonchev–Trinajstić information content (AvgIpc) is 2.90. The molecule has 1 saturated heterocycles. The van der Waals surface area contributed by atoms with E-state index in [4.69, 9.17) is 30.9 Å². The molecule has 0 aliphatic carbocycles. The standard InChI is InChI=1S/C12H15ClN4O4/c1-19-11-10-9(15-12(13)16-11)2-14-17(10)3-7-5-21-8(4-18)6-20-7/h2,7-8,18H,3-6H2,1H3/t7-,8-/m1/s1. The number of hydrogen-bond acceptors (Lipinski definition) is 7. The van der Waals surface area contributed by atoms with Gasteiger partial charge in [-0.25, -0.2) is 4.98 Å². The van der Waals surface area contributed by atoms with Crippen LogP contribution in [0.2, 0.25) is 5.28 Å². The quantitative estimate of drug-likeness (QED) is 0.810. The highest BCUT2D eigenvalue weighted by molar-refractivity contribution is 6.28. The summed E-state index contributed by atoms with van der Waals surface area (Å²) in [5.74, 6) is 0.368. The van der Waals surface area contributed by atoms with E-state index in [1.54, 1.807) is 10.9 Å². The van der Waals surface area contributed by atoms with Gasteiger partial charge in [0.15, 0.2) is 0 Å². The fourth-order valence-corrected chi connectivity index (χ4v) is 2.37. The predicted octanol–water partition coefficient (Wildman–Crippen LogP) is 0.265. The minimum Gasteiger partial charge on any atom is -0.479 e. The molecule has 3 rings (SSSR count). The van der Waals surface area contributed by atoms with E-state index in [0.717, 1.165) is 0 Å². The molecule has 0 spiro atoms. The lowest BCUT2D eigenvalue weighted by Crippen LogP contribution is -2.39. The second kappa shape index (κ2) is 6.10. The number of hydrogen-bond donors (Lipinski definition) is 1. The van der Waals surface area contributed by atoms with Crippen LogP contribution in [-0.2, 0) is 16.0 Å². The Balaban J connectivity index is 1.81. The monoisotopic (exact) mass is 314 g/mol. The minimum absolute atomic E-state index is 0.0441. The number of aliphatic hydroxyl groups excluding tert-OH is 1. The van der Waals surface area contributed by atoms with Crippen LogP contribution in [0, 0.1) is 0 Å². The molecule has 9 heteroatoms. The molecule has 2 atom stereocenters. The number of fused-ring (bicyclic) bond motifs is 1. The number of rotatable bonds is 4. The first-order chi connectivity index (χ1) is 10.2. The van der Waals surface area contributed by atoms with Crippen LogP contribution >= 0.6 is 11.6 Å². The molecule has 1 N–H and O–H groups in total. The molecule has 2 aromatic rings. The van der Waals surface area contributed by atoms with Gasteiger partial charge in [-0.1, -0.05) is 0 Å². The minimum atomic E-state index is -0.257. The zero-order chi connectivity index (χ0) is 14.8. The van der Waals surface area contributed by atoms with Crippen molar-refractivity contribution >= 4 is 22.6 Å². The summed E-state index contributed by atoms with van der Waals surface area (Å²) in [6.45, 7) is 1.18. The molecule has 0 radical (unpaired) electrons. The van der Waals surface area contributed by atoms with E-state index >= 15 is 0 Å². The van der Waals surface area contributed by atoms with E-state index in [-0.39, 0.29) is 24.1 Å². The largest absolute Gasteiger partial charge is 0.479 e. The van der Waals surface area contributed by atoms with Gasteiger partial charge in [0.25, 0.3) is 0 Å². The number of methoxy groups -OCH3 is 1. The van der Waals surface area contributed by atoms with E-state index in [1.807, 2.05) is 0 Å². The van der Waals surface area contributed by atoms with Gasteiger partial charge < -0.3 is 19.3 Å². The van der Waals surface area contributed by atoms with Crippen LogP contribution in [0.5, 0.6) is 5.88 Å². The molecule has 1 aliphatic heterocycles. The van der Waals surface area contributed by atoms with Crippen LogP contribution in [0.15, 0.2) is 6.20 Å². The molecule has 8 nitrogen and oxygen atoms in total. The van der Waals surface area contributed by atoms with Crippen LogP contribution < -0.4 is 4.74 Å². The van der Waals surface area contributed by atoms with Gasteiger partial charge in [0.2, 0.25) is 11.2 Å². The molecule has 1 fully saturated rings. The highest BCUT2D eigenvalue weighted by Gasteiger charge is 2.24. The Morgan fingerprint density at radius 3 is 2.81 bits per heavy atom. The third-order valence-corrected chi connectivity index (χ3v) is 3.41. The number of halogens is 1. The first kappa shape index (κ1) is 14.5. The van der Waals surface area contributed by atoms with Gasteiger partial charge in [-0.3, -0.25) is 4.68 Å². The van der Waals surface area contributed by atoms with Crippen molar-refractivity contribution in [1.29, 1.82) is 0 Å². The van der Waals surface area contributed by atoms with Crippen molar-refractivity contribution in [1.82, 2.24) is 19.7 Å². The molecule has 1 aliphatic rings. The van der Waals surface area contributed by atoms with E-state index in [1.165, 1.54) is 7.11 Å². The second-order valence-electron chi connectivity index (χ2n) is 4.66. The molecule has 0 amide bonds. The lowest BCUT2D eigenvalue weighted by molar-refractivity contribution is -0.148. The van der Waals surface area contributed by atoms with E-state index in [0.29, 0.717) is 36.7 Å². The van der Waals surface area contributed by atoms with Gasteiger partial charge in [-0.05, 0) is 11.6 Å². The van der Waals surface area contributed by atoms with Gasteiger partial charge >= 0.3 is 0 Å². The lowest BCUT2D eigenvalue weighted by atomic mass is 10.3. The summed E-state index contributed by atoms with van der Waals surface area (Å²) in [6, 6.07) is 0. The lowest BCUT2D eigenvalue weighted by Gasteiger charge is -2.28. The number of nitrogens with zero attached hydrogens (tertiary/aromatic N) is 4. The van der Waals surface area contributed by atoms with Gasteiger partial charge in [0.05, 0.1) is 39.7 Å². The maximum atomic E-state index is 9.00. The summed E-state index contributed by atoms with van der Waals surface area (Å²) in [4.78, 5) is 8.15. The van der Waals surface area contributed by atoms with Crippen molar-refractivity contribution in [2.45, 2.75) is 18.8 Å². The average molecular weight is 315 g/mol. The maximum Gasteiger partial charge on any atom is 0.244 e. The molecule has 3 heterocycles. The van der Waals surface area contributed by atoms with Crippen molar-refractivity contribution in [2.75, 3.05) is 26.9 Å². The number of aromatic nitrogens is 4. The van der Waals surface area contributed by atoms with E-state index < -0.39 is 0 Å². The maximum absolute atomic E-state index is 9.00. The molecule has 0 bridgehead atoms. The zero-order valence-electron chi connectivity index (χ0n) is 11.4. The highest BCUT2D eigenvalue weighted by Crippen LogP contribution is 2.24. The second-order valence-corrected chi connectivity index (χ2v) is 4.99. The van der Waals surface area contributed by atoms with Crippen molar-refractivity contribution < 1.29 is 19.3 Å². The smallest absolute Gasteiger partial charge is 0.244 e. The Morgan fingerprint density at radius 1 is 1.38 bits per heavy atom. The van der Waals surface area contributed by atoms with Crippen molar-refractivity contribution in [3.63, 3.8) is 0 Å². The molecule has 2 aromatic heterocycles. The first-order valence-electron chi connectivity index (χ1n) is 6.48. The molecular weight excluding hydrogens is 300 g/mol. The number of ether oxygens (including phenoxy) is 3. The summed E-state index contributed by atoms with van der Waals surface area (Å²) in [5, 5.41) is 13.4. The van der Waals surface area contributed by atoms with Crippen LogP contribution in [0.1, 0.15) is 0 Å². The van der Waals surface area contributed by atoms with Crippen LogP contribution in [0.3, 0.4) is 0 Å². The first-order valence-corrected chi connectivity index (χ1v) is 6.86. The fourth-order valence-electron chi connectivity index (χ4n) is 2.21. The van der Waals surface area contributed by atoms with E-state index in [2.05, 4.69) is 15.1 Å². The Kier molecular flexibility index (Phi) is 4.20.